The third-order valence-corrected chi connectivity index (χ3v) is 3.39. The van der Waals surface area contributed by atoms with Crippen LogP contribution >= 0.6 is 12.4 Å². The maximum absolute atomic E-state index is 11.9. The number of piperidine rings is 1. The van der Waals surface area contributed by atoms with Crippen molar-refractivity contribution in [1.82, 2.24) is 4.90 Å². The van der Waals surface area contributed by atoms with E-state index in [1.165, 1.54) is 0 Å². The smallest absolute Gasteiger partial charge is 0.222 e. The molecule has 1 fully saturated rings. The lowest BCUT2D eigenvalue weighted by Gasteiger charge is -2.32. The van der Waals surface area contributed by atoms with Crippen molar-refractivity contribution in [2.45, 2.75) is 46.5 Å². The molecule has 1 aliphatic heterocycles. The molecular weight excluding hydrogens is 236 g/mol. The molecule has 2 N–H and O–H groups in total. The molecule has 4 heteroatoms. The van der Waals surface area contributed by atoms with Crippen LogP contribution in [0.5, 0.6) is 0 Å². The Bertz CT molecular complexity index is 230. The zero-order valence-corrected chi connectivity index (χ0v) is 12.2. The van der Waals surface area contributed by atoms with Crippen molar-refractivity contribution in [3.8, 4) is 0 Å². The van der Waals surface area contributed by atoms with Crippen molar-refractivity contribution in [1.29, 1.82) is 0 Å². The molecular formula is C13H27ClN2O. The first-order valence-electron chi connectivity index (χ1n) is 6.40. The molecule has 1 rings (SSSR count). The van der Waals surface area contributed by atoms with Gasteiger partial charge in [-0.2, -0.15) is 0 Å². The molecule has 1 heterocycles. The lowest BCUT2D eigenvalue weighted by molar-refractivity contribution is -0.133. The molecule has 0 bridgehead atoms. The van der Waals surface area contributed by atoms with Crippen LogP contribution in [0.4, 0.5) is 0 Å². The van der Waals surface area contributed by atoms with E-state index in [2.05, 4.69) is 20.8 Å². The SMILES string of the molecule is CC(C)(C)CCC(=O)N1CCC(CN)CC1.Cl. The number of hydrogen-bond donors (Lipinski definition) is 1. The van der Waals surface area contributed by atoms with Crippen molar-refractivity contribution < 1.29 is 4.79 Å². The molecule has 1 aliphatic rings. The van der Waals surface area contributed by atoms with Gasteiger partial charge in [0.25, 0.3) is 0 Å². The van der Waals surface area contributed by atoms with Crippen molar-refractivity contribution in [2.24, 2.45) is 17.1 Å². The van der Waals surface area contributed by atoms with E-state index in [9.17, 15) is 4.79 Å². The summed E-state index contributed by atoms with van der Waals surface area (Å²) in [7, 11) is 0. The second-order valence-corrected chi connectivity index (χ2v) is 6.12. The molecule has 0 aromatic heterocycles. The number of amides is 1. The Morgan fingerprint density at radius 3 is 2.24 bits per heavy atom. The molecule has 3 nitrogen and oxygen atoms in total. The Kier molecular flexibility index (Phi) is 7.10. The molecule has 0 radical (unpaired) electrons. The predicted molar refractivity (Wildman–Crippen MR) is 74.3 cm³/mol. The van der Waals surface area contributed by atoms with Gasteiger partial charge in [0.1, 0.15) is 0 Å². The maximum atomic E-state index is 11.9. The fourth-order valence-electron chi connectivity index (χ4n) is 2.06. The summed E-state index contributed by atoms with van der Waals surface area (Å²) < 4.78 is 0. The summed E-state index contributed by atoms with van der Waals surface area (Å²) in [5, 5.41) is 0. The van der Waals surface area contributed by atoms with Crippen molar-refractivity contribution in [2.75, 3.05) is 19.6 Å². The monoisotopic (exact) mass is 262 g/mol. The predicted octanol–water partition coefficient (Wildman–Crippen LogP) is 2.43. The van der Waals surface area contributed by atoms with Crippen LogP contribution in [0.1, 0.15) is 46.5 Å². The first kappa shape index (κ1) is 16.7. The van der Waals surface area contributed by atoms with Crippen molar-refractivity contribution in [3.63, 3.8) is 0 Å². The van der Waals surface area contributed by atoms with E-state index in [0.717, 1.165) is 38.9 Å². The van der Waals surface area contributed by atoms with E-state index >= 15 is 0 Å². The standard InChI is InChI=1S/C13H26N2O.ClH/c1-13(2,3)7-4-12(16)15-8-5-11(10-14)6-9-15;/h11H,4-10,14H2,1-3H3;1H. The van der Waals surface area contributed by atoms with Crippen LogP contribution in [-0.4, -0.2) is 30.4 Å². The fraction of sp³-hybridized carbons (Fsp3) is 0.923. The molecule has 0 unspecified atom stereocenters. The van der Waals surface area contributed by atoms with Crippen LogP contribution in [0, 0.1) is 11.3 Å². The molecule has 0 atom stereocenters. The zero-order valence-electron chi connectivity index (χ0n) is 11.4. The molecule has 0 aromatic rings. The van der Waals surface area contributed by atoms with E-state index in [0.29, 0.717) is 18.2 Å². The van der Waals surface area contributed by atoms with Gasteiger partial charge in [-0.05, 0) is 37.1 Å². The molecule has 1 amide bonds. The molecule has 0 aromatic carbocycles. The molecule has 17 heavy (non-hydrogen) atoms. The summed E-state index contributed by atoms with van der Waals surface area (Å²) in [5.74, 6) is 0.956. The van der Waals surface area contributed by atoms with Gasteiger partial charge in [-0.25, -0.2) is 0 Å². The average Bonchev–Trinajstić information content (AvgIpc) is 2.25. The van der Waals surface area contributed by atoms with Gasteiger partial charge >= 0.3 is 0 Å². The third kappa shape index (κ3) is 6.27. The molecule has 102 valence electrons. The van der Waals surface area contributed by atoms with Crippen LogP contribution in [0.15, 0.2) is 0 Å². The van der Waals surface area contributed by atoms with E-state index < -0.39 is 0 Å². The molecule has 0 aliphatic carbocycles. The van der Waals surface area contributed by atoms with Crippen LogP contribution in [0.25, 0.3) is 0 Å². The largest absolute Gasteiger partial charge is 0.343 e. The highest BCUT2D eigenvalue weighted by Crippen LogP contribution is 2.22. The first-order valence-corrected chi connectivity index (χ1v) is 6.40. The van der Waals surface area contributed by atoms with Crippen molar-refractivity contribution in [3.05, 3.63) is 0 Å². The van der Waals surface area contributed by atoms with Gasteiger partial charge in [0.05, 0.1) is 0 Å². The summed E-state index contributed by atoms with van der Waals surface area (Å²) in [6.07, 6.45) is 3.83. The van der Waals surface area contributed by atoms with Gasteiger partial charge in [0.15, 0.2) is 0 Å². The highest BCUT2D eigenvalue weighted by Gasteiger charge is 2.22. The number of rotatable bonds is 3. The number of carbonyl (C=O) groups is 1. The lowest BCUT2D eigenvalue weighted by atomic mass is 9.90. The normalized spacial score (nSPS) is 17.8. The van der Waals surface area contributed by atoms with Gasteiger partial charge in [-0.1, -0.05) is 20.8 Å². The average molecular weight is 263 g/mol. The summed E-state index contributed by atoms with van der Waals surface area (Å²) in [6.45, 7) is 9.13. The summed E-state index contributed by atoms with van der Waals surface area (Å²) >= 11 is 0. The quantitative estimate of drug-likeness (QED) is 0.849. The van der Waals surface area contributed by atoms with Gasteiger partial charge in [0.2, 0.25) is 5.91 Å². The minimum Gasteiger partial charge on any atom is -0.343 e. The number of nitrogens with two attached hydrogens (primary N) is 1. The van der Waals surface area contributed by atoms with Crippen LogP contribution < -0.4 is 5.73 Å². The molecule has 1 saturated heterocycles. The first-order chi connectivity index (χ1) is 7.42. The molecule has 0 spiro atoms. The van der Waals surface area contributed by atoms with Crippen LogP contribution in [0.2, 0.25) is 0 Å². The Labute approximate surface area is 112 Å². The zero-order chi connectivity index (χ0) is 12.2. The summed E-state index contributed by atoms with van der Waals surface area (Å²) in [4.78, 5) is 13.9. The van der Waals surface area contributed by atoms with Crippen LogP contribution in [0.3, 0.4) is 0 Å². The van der Waals surface area contributed by atoms with Crippen molar-refractivity contribution >= 4 is 18.3 Å². The lowest BCUT2D eigenvalue weighted by Crippen LogP contribution is -2.40. The van der Waals surface area contributed by atoms with Gasteiger partial charge in [-0.15, -0.1) is 12.4 Å². The summed E-state index contributed by atoms with van der Waals surface area (Å²) in [6, 6.07) is 0. The molecule has 0 saturated carbocycles. The van der Waals surface area contributed by atoms with Crippen LogP contribution in [-0.2, 0) is 4.79 Å². The van der Waals surface area contributed by atoms with E-state index in [1.54, 1.807) is 0 Å². The highest BCUT2D eigenvalue weighted by molar-refractivity contribution is 5.85. The maximum Gasteiger partial charge on any atom is 0.222 e. The number of likely N-dealkylation sites (tertiary alicyclic amines) is 1. The summed E-state index contributed by atoms with van der Waals surface area (Å²) in [5.41, 5.74) is 5.89. The second kappa shape index (κ2) is 7.22. The third-order valence-electron chi connectivity index (χ3n) is 3.39. The highest BCUT2D eigenvalue weighted by atomic mass is 35.5. The topological polar surface area (TPSA) is 46.3 Å². The van der Waals surface area contributed by atoms with E-state index in [1.807, 2.05) is 4.90 Å². The minimum absolute atomic E-state index is 0. The second-order valence-electron chi connectivity index (χ2n) is 6.12. The number of carbonyl (C=O) groups excluding carboxylic acids is 1. The van der Waals surface area contributed by atoms with Gasteiger partial charge in [0, 0.05) is 19.5 Å². The Morgan fingerprint density at radius 1 is 1.29 bits per heavy atom. The Balaban J connectivity index is 0.00000256. The Hall–Kier alpha value is -0.280. The number of nitrogens with zero attached hydrogens (tertiary/aromatic N) is 1. The number of halogens is 1. The number of hydrogen-bond acceptors (Lipinski definition) is 2. The minimum atomic E-state index is 0. The fourth-order valence-corrected chi connectivity index (χ4v) is 2.06. The van der Waals surface area contributed by atoms with Gasteiger partial charge < -0.3 is 10.6 Å². The Morgan fingerprint density at radius 2 is 1.82 bits per heavy atom. The van der Waals surface area contributed by atoms with Gasteiger partial charge in [-0.3, -0.25) is 4.79 Å². The van der Waals surface area contributed by atoms with E-state index in [4.69, 9.17) is 5.73 Å². The van der Waals surface area contributed by atoms with E-state index in [-0.39, 0.29) is 17.8 Å².